The van der Waals surface area contributed by atoms with Gasteiger partial charge in [0.05, 0.1) is 0 Å². The number of aryl methyl sites for hydroxylation is 1. The molecule has 1 aromatic rings. The third kappa shape index (κ3) is 3.12. The second-order valence-electron chi connectivity index (χ2n) is 4.42. The van der Waals surface area contributed by atoms with Gasteiger partial charge in [0.1, 0.15) is 5.82 Å². The quantitative estimate of drug-likeness (QED) is 0.363. The van der Waals surface area contributed by atoms with Crippen molar-refractivity contribution >= 4 is 11.7 Å². The van der Waals surface area contributed by atoms with Gasteiger partial charge in [0.2, 0.25) is 0 Å². The molecule has 100 valence electrons. The molecule has 1 heterocycles. The number of nitrogens with two attached hydrogens (primary N) is 1. The van der Waals surface area contributed by atoms with Crippen molar-refractivity contribution in [3.63, 3.8) is 0 Å². The number of pyridine rings is 1. The highest BCUT2D eigenvalue weighted by Gasteiger charge is 2.14. The Balaban J connectivity index is 3.13. The molecule has 18 heavy (non-hydrogen) atoms. The van der Waals surface area contributed by atoms with E-state index < -0.39 is 0 Å². The fourth-order valence-electron chi connectivity index (χ4n) is 2.06. The van der Waals surface area contributed by atoms with Crippen LogP contribution in [0.4, 0.5) is 5.82 Å². The number of oxime groups is 1. The van der Waals surface area contributed by atoms with Gasteiger partial charge in [0.15, 0.2) is 5.84 Å². The SMILES string of the molecule is CCC(CC)N(C)c1cc(/C(N)=N/O)cc(C)n1. The minimum absolute atomic E-state index is 0.111. The number of amidine groups is 1. The topological polar surface area (TPSA) is 74.7 Å². The van der Waals surface area contributed by atoms with Crippen LogP contribution in [-0.4, -0.2) is 29.1 Å². The summed E-state index contributed by atoms with van der Waals surface area (Å²) in [5, 5.41) is 11.8. The van der Waals surface area contributed by atoms with E-state index in [9.17, 15) is 0 Å². The van der Waals surface area contributed by atoms with Crippen LogP contribution in [0.15, 0.2) is 17.3 Å². The van der Waals surface area contributed by atoms with Gasteiger partial charge >= 0.3 is 0 Å². The summed E-state index contributed by atoms with van der Waals surface area (Å²) in [7, 11) is 2.02. The second kappa shape index (κ2) is 6.23. The van der Waals surface area contributed by atoms with Crippen LogP contribution in [0.1, 0.15) is 37.9 Å². The summed E-state index contributed by atoms with van der Waals surface area (Å²) in [5.41, 5.74) is 7.17. The molecule has 5 heteroatoms. The maximum atomic E-state index is 8.74. The molecule has 0 amide bonds. The smallest absolute Gasteiger partial charge is 0.170 e. The van der Waals surface area contributed by atoms with Gasteiger partial charge in [0, 0.05) is 24.3 Å². The van der Waals surface area contributed by atoms with Gasteiger partial charge in [-0.25, -0.2) is 4.98 Å². The first-order chi connectivity index (χ1) is 8.53. The van der Waals surface area contributed by atoms with E-state index in [0.29, 0.717) is 11.6 Å². The fraction of sp³-hybridized carbons (Fsp3) is 0.538. The van der Waals surface area contributed by atoms with Gasteiger partial charge in [-0.2, -0.15) is 0 Å². The van der Waals surface area contributed by atoms with Crippen LogP contribution in [0, 0.1) is 6.92 Å². The molecule has 0 saturated heterocycles. The molecule has 3 N–H and O–H groups in total. The van der Waals surface area contributed by atoms with Crippen molar-refractivity contribution in [2.24, 2.45) is 10.9 Å². The summed E-state index contributed by atoms with van der Waals surface area (Å²) < 4.78 is 0. The lowest BCUT2D eigenvalue weighted by Gasteiger charge is -2.27. The number of rotatable bonds is 5. The van der Waals surface area contributed by atoms with Crippen molar-refractivity contribution in [1.29, 1.82) is 0 Å². The summed E-state index contributed by atoms with van der Waals surface area (Å²) in [4.78, 5) is 6.64. The molecule has 0 aliphatic heterocycles. The standard InChI is InChI=1S/C13H22N4O/c1-5-11(6-2)17(4)12-8-10(13(14)16-18)7-9(3)15-12/h7-8,11,18H,5-6H2,1-4H3,(H2,14,16). The van der Waals surface area contributed by atoms with Crippen LogP contribution in [0.25, 0.3) is 0 Å². The van der Waals surface area contributed by atoms with Crippen molar-refractivity contribution < 1.29 is 5.21 Å². The Morgan fingerprint density at radius 2 is 2.06 bits per heavy atom. The van der Waals surface area contributed by atoms with Crippen LogP contribution in [0.2, 0.25) is 0 Å². The van der Waals surface area contributed by atoms with Gasteiger partial charge < -0.3 is 15.8 Å². The molecule has 0 aliphatic rings. The Morgan fingerprint density at radius 3 is 2.56 bits per heavy atom. The lowest BCUT2D eigenvalue weighted by atomic mass is 10.1. The molecule has 0 atom stereocenters. The monoisotopic (exact) mass is 250 g/mol. The Kier molecular flexibility index (Phi) is 4.95. The second-order valence-corrected chi connectivity index (χ2v) is 4.42. The third-order valence-corrected chi connectivity index (χ3v) is 3.19. The molecule has 0 unspecified atom stereocenters. The van der Waals surface area contributed by atoms with E-state index in [4.69, 9.17) is 10.9 Å². The first kappa shape index (κ1) is 14.3. The van der Waals surface area contributed by atoms with Gasteiger partial charge in [0.25, 0.3) is 0 Å². The lowest BCUT2D eigenvalue weighted by molar-refractivity contribution is 0.318. The average molecular weight is 250 g/mol. The maximum Gasteiger partial charge on any atom is 0.170 e. The highest BCUT2D eigenvalue weighted by molar-refractivity contribution is 5.97. The minimum Gasteiger partial charge on any atom is -0.409 e. The molecular formula is C13H22N4O. The lowest BCUT2D eigenvalue weighted by Crippen LogP contribution is -2.31. The van der Waals surface area contributed by atoms with E-state index in [-0.39, 0.29) is 5.84 Å². The van der Waals surface area contributed by atoms with Crippen LogP contribution in [0.3, 0.4) is 0 Å². The van der Waals surface area contributed by atoms with Gasteiger partial charge in [-0.05, 0) is 31.9 Å². The molecule has 0 saturated carbocycles. The van der Waals surface area contributed by atoms with E-state index in [1.165, 1.54) is 0 Å². The predicted molar refractivity (Wildman–Crippen MR) is 74.3 cm³/mol. The molecule has 0 fully saturated rings. The van der Waals surface area contributed by atoms with E-state index in [1.807, 2.05) is 20.0 Å². The molecular weight excluding hydrogens is 228 g/mol. The van der Waals surface area contributed by atoms with Crippen LogP contribution in [0.5, 0.6) is 0 Å². The zero-order valence-electron chi connectivity index (χ0n) is 11.5. The van der Waals surface area contributed by atoms with Gasteiger partial charge in [-0.15, -0.1) is 0 Å². The molecule has 1 aromatic heterocycles. The highest BCUT2D eigenvalue weighted by Crippen LogP contribution is 2.18. The maximum absolute atomic E-state index is 8.74. The Hall–Kier alpha value is -1.78. The van der Waals surface area contributed by atoms with Gasteiger partial charge in [-0.3, -0.25) is 0 Å². The summed E-state index contributed by atoms with van der Waals surface area (Å²) in [6.45, 7) is 6.22. The third-order valence-electron chi connectivity index (χ3n) is 3.19. The Morgan fingerprint density at radius 1 is 1.44 bits per heavy atom. The van der Waals surface area contributed by atoms with Crippen LogP contribution in [-0.2, 0) is 0 Å². The van der Waals surface area contributed by atoms with Crippen molar-refractivity contribution in [2.75, 3.05) is 11.9 Å². The zero-order chi connectivity index (χ0) is 13.7. The first-order valence-electron chi connectivity index (χ1n) is 6.22. The number of aromatic nitrogens is 1. The van der Waals surface area contributed by atoms with E-state index >= 15 is 0 Å². The summed E-state index contributed by atoms with van der Waals surface area (Å²) in [6.07, 6.45) is 2.11. The van der Waals surface area contributed by atoms with E-state index in [1.54, 1.807) is 6.07 Å². The number of hydrogen-bond acceptors (Lipinski definition) is 4. The molecule has 0 bridgehead atoms. The zero-order valence-corrected chi connectivity index (χ0v) is 11.5. The minimum atomic E-state index is 0.111. The van der Waals surface area contributed by atoms with Crippen molar-refractivity contribution in [3.05, 3.63) is 23.4 Å². The molecule has 0 spiro atoms. The Bertz CT molecular complexity index is 427. The number of anilines is 1. The van der Waals surface area contributed by atoms with Crippen molar-refractivity contribution in [1.82, 2.24) is 4.98 Å². The number of nitrogens with zero attached hydrogens (tertiary/aromatic N) is 3. The summed E-state index contributed by atoms with van der Waals surface area (Å²) in [6, 6.07) is 4.10. The summed E-state index contributed by atoms with van der Waals surface area (Å²) >= 11 is 0. The van der Waals surface area contributed by atoms with E-state index in [0.717, 1.165) is 24.4 Å². The van der Waals surface area contributed by atoms with Crippen LogP contribution >= 0.6 is 0 Å². The normalized spacial score (nSPS) is 11.9. The average Bonchev–Trinajstić information content (AvgIpc) is 2.38. The first-order valence-corrected chi connectivity index (χ1v) is 6.22. The van der Waals surface area contributed by atoms with Crippen molar-refractivity contribution in [3.8, 4) is 0 Å². The molecule has 0 aliphatic carbocycles. The molecule has 0 radical (unpaired) electrons. The van der Waals surface area contributed by atoms with Crippen LogP contribution < -0.4 is 10.6 Å². The van der Waals surface area contributed by atoms with Crippen molar-refractivity contribution in [2.45, 2.75) is 39.7 Å². The fourth-order valence-corrected chi connectivity index (χ4v) is 2.06. The Labute approximate surface area is 108 Å². The van der Waals surface area contributed by atoms with Gasteiger partial charge in [-0.1, -0.05) is 19.0 Å². The number of hydrogen-bond donors (Lipinski definition) is 2. The molecule has 5 nitrogen and oxygen atoms in total. The summed E-state index contributed by atoms with van der Waals surface area (Å²) in [5.74, 6) is 0.963. The molecule has 1 rings (SSSR count). The predicted octanol–water partition coefficient (Wildman–Crippen LogP) is 2.11. The molecule has 0 aromatic carbocycles. The highest BCUT2D eigenvalue weighted by atomic mass is 16.4. The largest absolute Gasteiger partial charge is 0.409 e. The van der Waals surface area contributed by atoms with E-state index in [2.05, 4.69) is 28.9 Å².